The number of likely N-dealkylation sites (tertiary alicyclic amines) is 1. The summed E-state index contributed by atoms with van der Waals surface area (Å²) in [6, 6.07) is 10.9. The van der Waals surface area contributed by atoms with E-state index in [-0.39, 0.29) is 18.1 Å². The van der Waals surface area contributed by atoms with Crippen molar-refractivity contribution in [2.24, 2.45) is 5.92 Å². The minimum atomic E-state index is -0.275. The fourth-order valence-corrected chi connectivity index (χ4v) is 6.67. The Morgan fingerprint density at radius 2 is 1.78 bits per heavy atom. The third kappa shape index (κ3) is 6.09. The van der Waals surface area contributed by atoms with E-state index in [1.54, 1.807) is 6.33 Å². The van der Waals surface area contributed by atoms with Crippen molar-refractivity contribution in [1.82, 2.24) is 25.1 Å². The van der Waals surface area contributed by atoms with Gasteiger partial charge in [-0.15, -0.1) is 0 Å². The first-order valence-corrected chi connectivity index (χ1v) is 15.3. The van der Waals surface area contributed by atoms with Gasteiger partial charge < -0.3 is 10.2 Å². The molecule has 0 bridgehead atoms. The Bertz CT molecular complexity index is 1490. The molecule has 1 saturated heterocycles. The van der Waals surface area contributed by atoms with Crippen LogP contribution in [0.3, 0.4) is 0 Å². The van der Waals surface area contributed by atoms with E-state index in [2.05, 4.69) is 50.2 Å². The van der Waals surface area contributed by atoms with Crippen molar-refractivity contribution in [2.45, 2.75) is 63.6 Å². The molecule has 2 heterocycles. The van der Waals surface area contributed by atoms with Gasteiger partial charge in [-0.2, -0.15) is 0 Å². The molecule has 8 heteroatoms. The molecular formula is C33H35Cl2N5O. The van der Waals surface area contributed by atoms with Crippen LogP contribution in [0.4, 0.5) is 4.79 Å². The molecule has 1 N–H and O–H groups in total. The van der Waals surface area contributed by atoms with Gasteiger partial charge in [0.2, 0.25) is 0 Å². The zero-order valence-electron chi connectivity index (χ0n) is 23.5. The molecule has 41 heavy (non-hydrogen) atoms. The summed E-state index contributed by atoms with van der Waals surface area (Å²) in [5.41, 5.74) is 6.62. The molecule has 0 spiro atoms. The quantitative estimate of drug-likeness (QED) is 0.324. The molecule has 6 rings (SSSR count). The highest BCUT2D eigenvalue weighted by Gasteiger charge is 2.33. The number of urea groups is 1. The zero-order chi connectivity index (χ0) is 28.5. The Morgan fingerprint density at radius 3 is 2.51 bits per heavy atom. The van der Waals surface area contributed by atoms with Crippen LogP contribution < -0.4 is 5.32 Å². The minimum Gasteiger partial charge on any atom is -0.331 e. The maximum Gasteiger partial charge on any atom is 0.317 e. The largest absolute Gasteiger partial charge is 0.331 e. The normalized spacial score (nSPS) is 19.7. The number of benzene rings is 2. The molecular weight excluding hydrogens is 553 g/mol. The first kappa shape index (κ1) is 28.0. The molecule has 3 aromatic rings. The molecule has 1 saturated carbocycles. The van der Waals surface area contributed by atoms with E-state index in [1.165, 1.54) is 16.7 Å². The molecule has 3 aliphatic rings. The van der Waals surface area contributed by atoms with Crippen molar-refractivity contribution >= 4 is 29.2 Å². The van der Waals surface area contributed by atoms with Gasteiger partial charge in [-0.05, 0) is 73.8 Å². The standard InChI is InChI=1S/C33H35Cl2N5O/c1-21(28-10-7-23(31(34)32(28)35)6-5-22-3-4-22)38-33(41)39(2)27-13-15-40(16-14-27)30-12-9-25-17-24(8-11-29(25)30)26-18-36-20-37-19-26/h7-8,10-11,17-22,27,30H,3-4,9,12-16H2,1-2H3,(H,38,41)/t21-,30?/m0/s1. The summed E-state index contributed by atoms with van der Waals surface area (Å²) in [6.07, 6.45) is 11.7. The highest BCUT2D eigenvalue weighted by molar-refractivity contribution is 6.43. The number of nitrogens with one attached hydrogen (secondary N) is 1. The highest BCUT2D eigenvalue weighted by atomic mass is 35.5. The summed E-state index contributed by atoms with van der Waals surface area (Å²) in [6.45, 7) is 3.89. The first-order valence-electron chi connectivity index (χ1n) is 14.5. The van der Waals surface area contributed by atoms with Crippen LogP contribution >= 0.6 is 23.2 Å². The van der Waals surface area contributed by atoms with Crippen molar-refractivity contribution < 1.29 is 4.79 Å². The molecule has 212 valence electrons. The molecule has 0 radical (unpaired) electrons. The van der Waals surface area contributed by atoms with Gasteiger partial charge in [0.15, 0.2) is 0 Å². The number of halogens is 2. The fraction of sp³-hybridized carbons (Fsp3) is 0.424. The summed E-state index contributed by atoms with van der Waals surface area (Å²) in [7, 11) is 1.90. The minimum absolute atomic E-state index is 0.0932. The predicted octanol–water partition coefficient (Wildman–Crippen LogP) is 7.07. The van der Waals surface area contributed by atoms with Gasteiger partial charge in [-0.1, -0.05) is 59.3 Å². The average Bonchev–Trinajstić information content (AvgIpc) is 3.74. The van der Waals surface area contributed by atoms with Crippen LogP contribution in [0.5, 0.6) is 0 Å². The van der Waals surface area contributed by atoms with E-state index >= 15 is 0 Å². The number of amides is 2. The van der Waals surface area contributed by atoms with Gasteiger partial charge in [-0.25, -0.2) is 14.8 Å². The Balaban J connectivity index is 1.04. The Morgan fingerprint density at radius 1 is 1.02 bits per heavy atom. The highest BCUT2D eigenvalue weighted by Crippen LogP contribution is 2.39. The number of piperidine rings is 1. The van der Waals surface area contributed by atoms with Crippen LogP contribution in [-0.2, 0) is 6.42 Å². The van der Waals surface area contributed by atoms with Gasteiger partial charge in [0.25, 0.3) is 0 Å². The first-order chi connectivity index (χ1) is 19.9. The molecule has 1 aliphatic heterocycles. The number of carbonyl (C=O) groups is 1. The van der Waals surface area contributed by atoms with Crippen LogP contribution in [0.25, 0.3) is 11.1 Å². The number of nitrogens with zero attached hydrogens (tertiary/aromatic N) is 4. The molecule has 2 fully saturated rings. The number of hydrogen-bond acceptors (Lipinski definition) is 4. The lowest BCUT2D eigenvalue weighted by Crippen LogP contribution is -2.49. The SMILES string of the molecule is C[C@H](NC(=O)N(C)C1CCN(C2CCc3cc(-c4cncnc4)ccc32)CC1)c1ccc(C#CC2CC2)c(Cl)c1Cl. The van der Waals surface area contributed by atoms with E-state index in [0.717, 1.165) is 68.3 Å². The van der Waals surface area contributed by atoms with Gasteiger partial charge in [0, 0.05) is 61.7 Å². The van der Waals surface area contributed by atoms with Crippen molar-refractivity contribution in [3.63, 3.8) is 0 Å². The number of hydrogen-bond donors (Lipinski definition) is 1. The van der Waals surface area contributed by atoms with Gasteiger partial charge in [-0.3, -0.25) is 4.90 Å². The molecule has 1 aromatic heterocycles. The lowest BCUT2D eigenvalue weighted by Gasteiger charge is -2.40. The van der Waals surface area contributed by atoms with Gasteiger partial charge in [0.05, 0.1) is 16.1 Å². The van der Waals surface area contributed by atoms with Crippen molar-refractivity contribution in [3.05, 3.63) is 81.4 Å². The number of aromatic nitrogens is 2. The van der Waals surface area contributed by atoms with Crippen molar-refractivity contribution in [3.8, 4) is 23.0 Å². The van der Waals surface area contributed by atoms with Crippen LogP contribution in [0.15, 0.2) is 49.1 Å². The number of fused-ring (bicyclic) bond motifs is 1. The van der Waals surface area contributed by atoms with Gasteiger partial charge >= 0.3 is 6.03 Å². The molecule has 6 nitrogen and oxygen atoms in total. The molecule has 1 unspecified atom stereocenters. The molecule has 2 amide bonds. The van der Waals surface area contributed by atoms with E-state index in [0.29, 0.717) is 22.0 Å². The third-order valence-electron chi connectivity index (χ3n) is 8.80. The average molecular weight is 589 g/mol. The fourth-order valence-electron chi connectivity index (χ4n) is 6.12. The second-order valence-corrected chi connectivity index (χ2v) is 12.3. The van der Waals surface area contributed by atoms with Crippen molar-refractivity contribution in [1.29, 1.82) is 0 Å². The smallest absolute Gasteiger partial charge is 0.317 e. The molecule has 2 atom stereocenters. The van der Waals surface area contributed by atoms with Gasteiger partial charge in [0.1, 0.15) is 6.33 Å². The lowest BCUT2D eigenvalue weighted by molar-refractivity contribution is 0.105. The zero-order valence-corrected chi connectivity index (χ0v) is 25.0. The van der Waals surface area contributed by atoms with Crippen LogP contribution in [0.1, 0.15) is 73.4 Å². The number of rotatable bonds is 5. The van der Waals surface area contributed by atoms with Crippen LogP contribution in [-0.4, -0.2) is 52.0 Å². The number of aryl methyl sites for hydroxylation is 1. The maximum atomic E-state index is 13.2. The van der Waals surface area contributed by atoms with Crippen LogP contribution in [0, 0.1) is 17.8 Å². The Kier molecular flexibility index (Phi) is 8.21. The maximum absolute atomic E-state index is 13.2. The Labute approximate surface area is 252 Å². The second-order valence-electron chi connectivity index (χ2n) is 11.5. The Hall–Kier alpha value is -3.11. The van der Waals surface area contributed by atoms with Crippen molar-refractivity contribution in [2.75, 3.05) is 20.1 Å². The molecule has 2 aliphatic carbocycles. The van der Waals surface area contributed by atoms with E-state index in [4.69, 9.17) is 23.2 Å². The van der Waals surface area contributed by atoms with E-state index < -0.39 is 0 Å². The van der Waals surface area contributed by atoms with Crippen LogP contribution in [0.2, 0.25) is 10.0 Å². The second kappa shape index (κ2) is 12.0. The summed E-state index contributed by atoms with van der Waals surface area (Å²) in [5, 5.41) is 4.04. The molecule has 2 aromatic carbocycles. The third-order valence-corrected chi connectivity index (χ3v) is 9.69. The summed E-state index contributed by atoms with van der Waals surface area (Å²) < 4.78 is 0. The van der Waals surface area contributed by atoms with E-state index in [1.807, 2.05) is 43.4 Å². The summed E-state index contributed by atoms with van der Waals surface area (Å²) >= 11 is 13.1. The van der Waals surface area contributed by atoms with E-state index in [9.17, 15) is 4.79 Å². The monoisotopic (exact) mass is 587 g/mol. The predicted molar refractivity (Wildman–Crippen MR) is 164 cm³/mol. The summed E-state index contributed by atoms with van der Waals surface area (Å²) in [5.74, 6) is 6.87. The topological polar surface area (TPSA) is 61.4 Å². The lowest BCUT2D eigenvalue weighted by atomic mass is 9.98. The summed E-state index contributed by atoms with van der Waals surface area (Å²) in [4.78, 5) is 26.0. The number of carbonyl (C=O) groups excluding carboxylic acids is 1.